The average Bonchev–Trinajstić information content (AvgIpc) is 2.17. The largest absolute Gasteiger partial charge is 0.469 e. The predicted octanol–water partition coefficient (Wildman–Crippen LogP) is 0.558. The molecule has 12 heavy (non-hydrogen) atoms. The summed E-state index contributed by atoms with van der Waals surface area (Å²) < 4.78 is 14.8. The standard InChI is InChI=1S/C8H14O4/c1-10-7-4-3-6(5-12-7)8(9)11-2/h6-7H,3-5H2,1-2H3/t6-,7-/m0/s1. The van der Waals surface area contributed by atoms with Gasteiger partial charge in [0.1, 0.15) is 0 Å². The van der Waals surface area contributed by atoms with Crippen molar-refractivity contribution in [2.24, 2.45) is 5.92 Å². The summed E-state index contributed by atoms with van der Waals surface area (Å²) >= 11 is 0. The molecule has 0 aromatic carbocycles. The Labute approximate surface area is 71.8 Å². The quantitative estimate of drug-likeness (QED) is 0.574. The van der Waals surface area contributed by atoms with E-state index in [1.807, 2.05) is 0 Å². The van der Waals surface area contributed by atoms with Gasteiger partial charge in [0.15, 0.2) is 6.29 Å². The highest BCUT2D eigenvalue weighted by Gasteiger charge is 2.27. The summed E-state index contributed by atoms with van der Waals surface area (Å²) in [6.07, 6.45) is 1.40. The topological polar surface area (TPSA) is 44.8 Å². The minimum Gasteiger partial charge on any atom is -0.469 e. The Morgan fingerprint density at radius 1 is 1.42 bits per heavy atom. The number of methoxy groups -OCH3 is 2. The molecule has 1 saturated heterocycles. The number of ether oxygens (including phenoxy) is 3. The molecule has 4 heteroatoms. The molecular formula is C8H14O4. The molecule has 0 bridgehead atoms. The molecule has 70 valence electrons. The van der Waals surface area contributed by atoms with Crippen LogP contribution in [0, 0.1) is 5.92 Å². The first kappa shape index (κ1) is 9.48. The molecule has 1 heterocycles. The molecule has 0 aromatic rings. The van der Waals surface area contributed by atoms with Crippen molar-refractivity contribution >= 4 is 5.97 Å². The third kappa shape index (κ3) is 2.19. The van der Waals surface area contributed by atoms with Gasteiger partial charge in [0, 0.05) is 7.11 Å². The summed E-state index contributed by atoms with van der Waals surface area (Å²) in [6, 6.07) is 0. The highest BCUT2D eigenvalue weighted by Crippen LogP contribution is 2.19. The van der Waals surface area contributed by atoms with Gasteiger partial charge in [0.2, 0.25) is 0 Å². The number of carbonyl (C=O) groups excluding carboxylic acids is 1. The Morgan fingerprint density at radius 3 is 2.58 bits per heavy atom. The van der Waals surface area contributed by atoms with Crippen molar-refractivity contribution in [1.29, 1.82) is 0 Å². The summed E-state index contributed by atoms with van der Waals surface area (Å²) in [6.45, 7) is 0.408. The van der Waals surface area contributed by atoms with Crippen LogP contribution in [-0.4, -0.2) is 33.1 Å². The Kier molecular flexibility index (Phi) is 3.49. The molecule has 4 nitrogen and oxygen atoms in total. The zero-order valence-corrected chi connectivity index (χ0v) is 7.41. The summed E-state index contributed by atoms with van der Waals surface area (Å²) in [5.74, 6) is -0.300. The number of hydrogen-bond acceptors (Lipinski definition) is 4. The minimum absolute atomic E-state index is 0.110. The van der Waals surface area contributed by atoms with Crippen molar-refractivity contribution in [3.63, 3.8) is 0 Å². The smallest absolute Gasteiger partial charge is 0.311 e. The van der Waals surface area contributed by atoms with Crippen LogP contribution in [0.1, 0.15) is 12.8 Å². The molecule has 0 radical (unpaired) electrons. The van der Waals surface area contributed by atoms with Crippen molar-refractivity contribution in [3.05, 3.63) is 0 Å². The highest BCUT2D eigenvalue weighted by atomic mass is 16.7. The van der Waals surface area contributed by atoms with Crippen LogP contribution in [0.15, 0.2) is 0 Å². The van der Waals surface area contributed by atoms with Gasteiger partial charge in [-0.3, -0.25) is 4.79 Å². The van der Waals surface area contributed by atoms with Crippen LogP contribution in [0.3, 0.4) is 0 Å². The van der Waals surface area contributed by atoms with E-state index in [0.29, 0.717) is 6.61 Å². The van der Waals surface area contributed by atoms with Crippen molar-refractivity contribution in [1.82, 2.24) is 0 Å². The van der Waals surface area contributed by atoms with Crippen molar-refractivity contribution < 1.29 is 19.0 Å². The SMILES string of the molecule is COC(=O)[C@H]1CC[C@@H](OC)OC1. The molecule has 1 fully saturated rings. The molecule has 0 amide bonds. The maximum absolute atomic E-state index is 11.0. The predicted molar refractivity (Wildman–Crippen MR) is 41.5 cm³/mol. The Balaban J connectivity index is 2.30. The van der Waals surface area contributed by atoms with E-state index in [2.05, 4.69) is 4.74 Å². The summed E-state index contributed by atoms with van der Waals surface area (Å²) in [4.78, 5) is 11.0. The van der Waals surface area contributed by atoms with Gasteiger partial charge in [-0.25, -0.2) is 0 Å². The van der Waals surface area contributed by atoms with Crippen LogP contribution in [0.25, 0.3) is 0 Å². The second-order valence-electron chi connectivity index (χ2n) is 2.80. The normalized spacial score (nSPS) is 29.8. The lowest BCUT2D eigenvalue weighted by molar-refractivity contribution is -0.176. The fourth-order valence-corrected chi connectivity index (χ4v) is 1.27. The number of carbonyl (C=O) groups is 1. The van der Waals surface area contributed by atoms with Gasteiger partial charge in [-0.1, -0.05) is 0 Å². The maximum atomic E-state index is 11.0. The summed E-state index contributed by atoms with van der Waals surface area (Å²) in [7, 11) is 2.99. The highest BCUT2D eigenvalue weighted by molar-refractivity contribution is 5.72. The molecular weight excluding hydrogens is 160 g/mol. The fourth-order valence-electron chi connectivity index (χ4n) is 1.27. The summed E-state index contributed by atoms with van der Waals surface area (Å²) in [5, 5.41) is 0. The number of hydrogen-bond donors (Lipinski definition) is 0. The molecule has 0 aliphatic carbocycles. The molecule has 0 spiro atoms. The Morgan fingerprint density at radius 2 is 2.17 bits per heavy atom. The molecule has 1 aliphatic rings. The monoisotopic (exact) mass is 174 g/mol. The van der Waals surface area contributed by atoms with Crippen LogP contribution in [0.5, 0.6) is 0 Å². The third-order valence-corrected chi connectivity index (χ3v) is 2.03. The van der Waals surface area contributed by atoms with E-state index in [1.54, 1.807) is 7.11 Å². The molecule has 0 saturated carbocycles. The first-order valence-corrected chi connectivity index (χ1v) is 4.00. The minimum atomic E-state index is -0.190. The first-order valence-electron chi connectivity index (χ1n) is 4.00. The number of rotatable bonds is 2. The van der Waals surface area contributed by atoms with Gasteiger partial charge in [-0.15, -0.1) is 0 Å². The second kappa shape index (κ2) is 4.42. The Hall–Kier alpha value is -0.610. The third-order valence-electron chi connectivity index (χ3n) is 2.03. The van der Waals surface area contributed by atoms with Crippen LogP contribution < -0.4 is 0 Å². The molecule has 1 rings (SSSR count). The van der Waals surface area contributed by atoms with E-state index in [-0.39, 0.29) is 18.2 Å². The van der Waals surface area contributed by atoms with E-state index in [9.17, 15) is 4.79 Å². The number of esters is 1. The lowest BCUT2D eigenvalue weighted by Crippen LogP contribution is -2.32. The van der Waals surface area contributed by atoms with E-state index < -0.39 is 0 Å². The van der Waals surface area contributed by atoms with E-state index in [4.69, 9.17) is 9.47 Å². The Bertz CT molecular complexity index is 149. The van der Waals surface area contributed by atoms with E-state index in [1.165, 1.54) is 7.11 Å². The van der Waals surface area contributed by atoms with Crippen LogP contribution in [0.2, 0.25) is 0 Å². The first-order chi connectivity index (χ1) is 5.77. The zero-order valence-electron chi connectivity index (χ0n) is 7.41. The van der Waals surface area contributed by atoms with Crippen molar-refractivity contribution in [2.45, 2.75) is 19.1 Å². The lowest BCUT2D eigenvalue weighted by atomic mass is 10.0. The van der Waals surface area contributed by atoms with Crippen molar-refractivity contribution in [2.75, 3.05) is 20.8 Å². The molecule has 0 unspecified atom stereocenters. The fraction of sp³-hybridized carbons (Fsp3) is 0.875. The molecule has 0 aromatic heterocycles. The van der Waals surface area contributed by atoms with Gasteiger partial charge in [0.25, 0.3) is 0 Å². The van der Waals surface area contributed by atoms with Crippen LogP contribution in [0.4, 0.5) is 0 Å². The van der Waals surface area contributed by atoms with Gasteiger partial charge >= 0.3 is 5.97 Å². The van der Waals surface area contributed by atoms with Crippen LogP contribution >= 0.6 is 0 Å². The van der Waals surface area contributed by atoms with Gasteiger partial charge in [-0.2, -0.15) is 0 Å². The molecule has 0 N–H and O–H groups in total. The van der Waals surface area contributed by atoms with Gasteiger partial charge < -0.3 is 14.2 Å². The van der Waals surface area contributed by atoms with Crippen LogP contribution in [-0.2, 0) is 19.0 Å². The van der Waals surface area contributed by atoms with Gasteiger partial charge in [0.05, 0.1) is 19.6 Å². The molecule has 1 aliphatic heterocycles. The lowest BCUT2D eigenvalue weighted by Gasteiger charge is -2.26. The van der Waals surface area contributed by atoms with E-state index >= 15 is 0 Å². The molecule has 2 atom stereocenters. The zero-order chi connectivity index (χ0) is 8.97. The maximum Gasteiger partial charge on any atom is 0.311 e. The average molecular weight is 174 g/mol. The van der Waals surface area contributed by atoms with E-state index in [0.717, 1.165) is 12.8 Å². The second-order valence-corrected chi connectivity index (χ2v) is 2.80. The van der Waals surface area contributed by atoms with Gasteiger partial charge in [-0.05, 0) is 12.8 Å². The summed E-state index contributed by atoms with van der Waals surface area (Å²) in [5.41, 5.74) is 0. The van der Waals surface area contributed by atoms with Crippen molar-refractivity contribution in [3.8, 4) is 0 Å².